The van der Waals surface area contributed by atoms with Gasteiger partial charge in [0, 0.05) is 11.1 Å². The van der Waals surface area contributed by atoms with Gasteiger partial charge in [-0.05, 0) is 55.6 Å². The smallest absolute Gasteiger partial charge is 0.127 e. The van der Waals surface area contributed by atoms with Gasteiger partial charge in [-0.3, -0.25) is 0 Å². The molecule has 1 aromatic carbocycles. The first-order valence-corrected chi connectivity index (χ1v) is 8.24. The minimum Gasteiger partial charge on any atom is -0.496 e. The van der Waals surface area contributed by atoms with Crippen LogP contribution in [0.1, 0.15) is 56.7 Å². The second-order valence-corrected chi connectivity index (χ2v) is 7.37. The van der Waals surface area contributed by atoms with E-state index < -0.39 is 0 Å². The topological polar surface area (TPSA) is 35.2 Å². The maximum Gasteiger partial charge on any atom is 0.127 e. The van der Waals surface area contributed by atoms with Crippen molar-refractivity contribution in [3.8, 4) is 5.75 Å². The van der Waals surface area contributed by atoms with E-state index in [1.807, 2.05) is 0 Å². The Hall–Kier alpha value is -1.02. The van der Waals surface area contributed by atoms with Crippen LogP contribution in [0.2, 0.25) is 0 Å². The number of aryl methyl sites for hydroxylation is 1. The van der Waals surface area contributed by atoms with Crippen LogP contribution in [0.25, 0.3) is 0 Å². The summed E-state index contributed by atoms with van der Waals surface area (Å²) in [5, 5.41) is 0. The number of rotatable bonds is 3. The molecule has 0 spiro atoms. The van der Waals surface area contributed by atoms with Gasteiger partial charge in [0.05, 0.1) is 7.11 Å². The molecular formula is C19H31NO. The number of hydrogen-bond acceptors (Lipinski definition) is 2. The summed E-state index contributed by atoms with van der Waals surface area (Å²) in [7, 11) is 1.77. The van der Waals surface area contributed by atoms with Crippen LogP contribution in [0.4, 0.5) is 0 Å². The highest BCUT2D eigenvalue weighted by atomic mass is 16.5. The van der Waals surface area contributed by atoms with E-state index in [1.165, 1.54) is 29.5 Å². The first kappa shape index (κ1) is 16.4. The molecule has 2 nitrogen and oxygen atoms in total. The molecule has 2 heteroatoms. The van der Waals surface area contributed by atoms with Crippen LogP contribution in [0.3, 0.4) is 0 Å². The highest BCUT2D eigenvalue weighted by Crippen LogP contribution is 2.48. The fourth-order valence-electron chi connectivity index (χ4n) is 4.21. The molecule has 3 unspecified atom stereocenters. The molecule has 1 aliphatic rings. The molecule has 2 rings (SSSR count). The van der Waals surface area contributed by atoms with E-state index in [0.717, 1.165) is 12.2 Å². The van der Waals surface area contributed by atoms with Crippen molar-refractivity contribution in [3.63, 3.8) is 0 Å². The van der Waals surface area contributed by atoms with Gasteiger partial charge < -0.3 is 10.5 Å². The summed E-state index contributed by atoms with van der Waals surface area (Å²) in [6, 6.07) is 4.40. The van der Waals surface area contributed by atoms with Crippen molar-refractivity contribution in [3.05, 3.63) is 28.8 Å². The predicted molar refractivity (Wildman–Crippen MR) is 89.7 cm³/mol. The quantitative estimate of drug-likeness (QED) is 0.885. The van der Waals surface area contributed by atoms with Crippen molar-refractivity contribution >= 4 is 0 Å². The molecule has 1 aliphatic carbocycles. The van der Waals surface area contributed by atoms with Gasteiger partial charge in [0.2, 0.25) is 0 Å². The molecule has 118 valence electrons. The van der Waals surface area contributed by atoms with E-state index >= 15 is 0 Å². The summed E-state index contributed by atoms with van der Waals surface area (Å²) in [6.45, 7) is 11.2. The van der Waals surface area contributed by atoms with E-state index in [2.05, 4.69) is 46.8 Å². The number of hydrogen-bond donors (Lipinski definition) is 1. The lowest BCUT2D eigenvalue weighted by Crippen LogP contribution is -2.50. The zero-order valence-electron chi connectivity index (χ0n) is 14.5. The van der Waals surface area contributed by atoms with E-state index in [-0.39, 0.29) is 5.54 Å². The highest BCUT2D eigenvalue weighted by molar-refractivity contribution is 5.49. The van der Waals surface area contributed by atoms with E-state index in [9.17, 15) is 0 Å². The van der Waals surface area contributed by atoms with Crippen LogP contribution in [0.15, 0.2) is 12.1 Å². The molecule has 1 fully saturated rings. The van der Waals surface area contributed by atoms with E-state index in [1.54, 1.807) is 7.11 Å². The van der Waals surface area contributed by atoms with Crippen LogP contribution in [-0.2, 0) is 5.54 Å². The Bertz CT molecular complexity index is 509. The van der Waals surface area contributed by atoms with Gasteiger partial charge in [-0.2, -0.15) is 0 Å². The average molecular weight is 289 g/mol. The molecule has 0 heterocycles. The first-order chi connectivity index (χ1) is 9.81. The third-order valence-electron chi connectivity index (χ3n) is 5.51. The molecule has 2 N–H and O–H groups in total. The Morgan fingerprint density at radius 3 is 2.48 bits per heavy atom. The van der Waals surface area contributed by atoms with Crippen LogP contribution < -0.4 is 10.5 Å². The van der Waals surface area contributed by atoms with Gasteiger partial charge in [-0.15, -0.1) is 0 Å². The summed E-state index contributed by atoms with van der Waals surface area (Å²) in [5.74, 6) is 2.78. The van der Waals surface area contributed by atoms with Gasteiger partial charge >= 0.3 is 0 Å². The Balaban J connectivity index is 2.57. The van der Waals surface area contributed by atoms with Crippen molar-refractivity contribution in [2.75, 3.05) is 7.11 Å². The lowest BCUT2D eigenvalue weighted by atomic mass is 9.62. The molecule has 21 heavy (non-hydrogen) atoms. The molecule has 1 saturated carbocycles. The summed E-state index contributed by atoms with van der Waals surface area (Å²) >= 11 is 0. The summed E-state index contributed by atoms with van der Waals surface area (Å²) in [5.41, 5.74) is 10.5. The van der Waals surface area contributed by atoms with Crippen LogP contribution >= 0.6 is 0 Å². The summed E-state index contributed by atoms with van der Waals surface area (Å²) in [4.78, 5) is 0. The van der Waals surface area contributed by atoms with E-state index in [4.69, 9.17) is 10.5 Å². The molecule has 0 amide bonds. The normalized spacial score (nSPS) is 29.7. The average Bonchev–Trinajstić information content (AvgIpc) is 2.40. The fourth-order valence-corrected chi connectivity index (χ4v) is 4.21. The largest absolute Gasteiger partial charge is 0.496 e. The third-order valence-corrected chi connectivity index (χ3v) is 5.51. The lowest BCUT2D eigenvalue weighted by Gasteiger charge is -2.47. The zero-order valence-corrected chi connectivity index (χ0v) is 14.5. The van der Waals surface area contributed by atoms with Crippen molar-refractivity contribution < 1.29 is 4.74 Å². The molecular weight excluding hydrogens is 258 g/mol. The molecule has 1 aromatic rings. The maximum absolute atomic E-state index is 7.03. The standard InChI is InChI=1S/C19H31NO/c1-12(2)16-9-7-13(3)11-19(16,20)17-10-8-14(4)15(5)18(17)21-6/h8,10,12-13,16H,7,9,11,20H2,1-6H3. The Kier molecular flexibility index (Phi) is 4.67. The van der Waals surface area contributed by atoms with Crippen LogP contribution in [0, 0.1) is 31.6 Å². The summed E-state index contributed by atoms with van der Waals surface area (Å²) in [6.07, 6.45) is 3.55. The highest BCUT2D eigenvalue weighted by Gasteiger charge is 2.44. The first-order valence-electron chi connectivity index (χ1n) is 8.24. The lowest BCUT2D eigenvalue weighted by molar-refractivity contribution is 0.106. The summed E-state index contributed by atoms with van der Waals surface area (Å²) < 4.78 is 5.76. The van der Waals surface area contributed by atoms with Gasteiger partial charge in [-0.25, -0.2) is 0 Å². The van der Waals surface area contributed by atoms with E-state index in [0.29, 0.717) is 17.8 Å². The van der Waals surface area contributed by atoms with Crippen molar-refractivity contribution in [1.82, 2.24) is 0 Å². The van der Waals surface area contributed by atoms with Gasteiger partial charge in [0.15, 0.2) is 0 Å². The van der Waals surface area contributed by atoms with Gasteiger partial charge in [-0.1, -0.05) is 39.3 Å². The Labute approximate surface area is 130 Å². The number of methoxy groups -OCH3 is 1. The van der Waals surface area contributed by atoms with Crippen molar-refractivity contribution in [1.29, 1.82) is 0 Å². The third kappa shape index (κ3) is 2.83. The SMILES string of the molecule is COc1c(C2(N)CC(C)CCC2C(C)C)ccc(C)c1C. The number of benzene rings is 1. The molecule has 0 bridgehead atoms. The van der Waals surface area contributed by atoms with Crippen molar-refractivity contribution in [2.24, 2.45) is 23.5 Å². The molecule has 3 atom stereocenters. The monoisotopic (exact) mass is 289 g/mol. The molecule has 0 radical (unpaired) electrons. The zero-order chi connectivity index (χ0) is 15.8. The second-order valence-electron chi connectivity index (χ2n) is 7.37. The Morgan fingerprint density at radius 2 is 1.90 bits per heavy atom. The number of ether oxygens (including phenoxy) is 1. The predicted octanol–water partition coefficient (Wildman–Crippen LogP) is 4.56. The number of nitrogens with two attached hydrogens (primary N) is 1. The van der Waals surface area contributed by atoms with Crippen LogP contribution in [0.5, 0.6) is 5.75 Å². The van der Waals surface area contributed by atoms with Gasteiger partial charge in [0.25, 0.3) is 0 Å². The van der Waals surface area contributed by atoms with Gasteiger partial charge in [0.1, 0.15) is 5.75 Å². The fraction of sp³-hybridized carbons (Fsp3) is 0.684. The maximum atomic E-state index is 7.03. The molecule has 0 aromatic heterocycles. The van der Waals surface area contributed by atoms with Crippen molar-refractivity contribution in [2.45, 2.75) is 59.4 Å². The molecule has 0 aliphatic heterocycles. The Morgan fingerprint density at radius 1 is 1.24 bits per heavy atom. The molecule has 0 saturated heterocycles. The second kappa shape index (κ2) is 6.00. The minimum absolute atomic E-state index is 0.268. The minimum atomic E-state index is -0.268. The van der Waals surface area contributed by atoms with Crippen LogP contribution in [-0.4, -0.2) is 7.11 Å².